The van der Waals surface area contributed by atoms with E-state index in [4.69, 9.17) is 9.84 Å². The number of benzene rings is 1. The fourth-order valence-electron chi connectivity index (χ4n) is 1.94. The van der Waals surface area contributed by atoms with Crippen molar-refractivity contribution in [2.75, 3.05) is 13.7 Å². The second kappa shape index (κ2) is 7.90. The van der Waals surface area contributed by atoms with E-state index in [1.165, 1.54) is 0 Å². The first-order valence-corrected chi connectivity index (χ1v) is 7.02. The Balaban J connectivity index is 2.52. The maximum atomic E-state index is 12.0. The molecule has 0 aromatic heterocycles. The molecule has 0 spiro atoms. The Morgan fingerprint density at radius 2 is 1.85 bits per heavy atom. The van der Waals surface area contributed by atoms with Gasteiger partial charge in [-0.1, -0.05) is 26.0 Å². The Morgan fingerprint density at radius 3 is 2.35 bits per heavy atom. The third-order valence-electron chi connectivity index (χ3n) is 3.71. The lowest BCUT2D eigenvalue weighted by Crippen LogP contribution is -2.38. The third kappa shape index (κ3) is 4.85. The van der Waals surface area contributed by atoms with E-state index in [9.17, 15) is 4.79 Å². The van der Waals surface area contributed by atoms with Crippen molar-refractivity contribution in [2.24, 2.45) is 5.92 Å². The van der Waals surface area contributed by atoms with Crippen LogP contribution in [0.5, 0.6) is 5.75 Å². The summed E-state index contributed by atoms with van der Waals surface area (Å²) in [5.41, 5.74) is 1.11. The second-order valence-corrected chi connectivity index (χ2v) is 5.39. The van der Waals surface area contributed by atoms with E-state index in [2.05, 4.69) is 5.32 Å². The van der Waals surface area contributed by atoms with Crippen molar-refractivity contribution in [1.82, 2.24) is 5.32 Å². The van der Waals surface area contributed by atoms with Crippen LogP contribution in [0.15, 0.2) is 24.3 Å². The van der Waals surface area contributed by atoms with E-state index in [1.54, 1.807) is 7.11 Å². The number of aliphatic hydroxyl groups is 1. The molecule has 0 fully saturated rings. The minimum absolute atomic E-state index is 0.0149. The van der Waals surface area contributed by atoms with Crippen molar-refractivity contribution in [3.8, 4) is 5.75 Å². The van der Waals surface area contributed by atoms with E-state index in [0.717, 1.165) is 11.3 Å². The molecule has 20 heavy (non-hydrogen) atoms. The van der Waals surface area contributed by atoms with Crippen LogP contribution in [-0.4, -0.2) is 30.8 Å². The highest BCUT2D eigenvalue weighted by atomic mass is 16.5. The average Bonchev–Trinajstić information content (AvgIpc) is 2.46. The van der Waals surface area contributed by atoms with Gasteiger partial charge in [0.2, 0.25) is 5.91 Å². The van der Waals surface area contributed by atoms with Gasteiger partial charge in [0.05, 0.1) is 7.11 Å². The highest BCUT2D eigenvalue weighted by Gasteiger charge is 2.16. The van der Waals surface area contributed by atoms with Crippen molar-refractivity contribution in [2.45, 2.75) is 39.2 Å². The molecule has 0 aliphatic rings. The van der Waals surface area contributed by atoms with Gasteiger partial charge < -0.3 is 15.2 Å². The average molecular weight is 279 g/mol. The van der Waals surface area contributed by atoms with Crippen LogP contribution in [0.25, 0.3) is 0 Å². The fraction of sp³-hybridized carbons (Fsp3) is 0.562. The fourth-order valence-corrected chi connectivity index (χ4v) is 1.94. The van der Waals surface area contributed by atoms with Gasteiger partial charge in [-0.25, -0.2) is 0 Å². The highest BCUT2D eigenvalue weighted by molar-refractivity contribution is 5.77. The van der Waals surface area contributed by atoms with Gasteiger partial charge in [-0.15, -0.1) is 0 Å². The molecule has 1 amide bonds. The maximum Gasteiger partial charge on any atom is 0.220 e. The van der Waals surface area contributed by atoms with Crippen LogP contribution in [0.1, 0.15) is 38.7 Å². The van der Waals surface area contributed by atoms with Crippen LogP contribution in [0, 0.1) is 5.92 Å². The first kappa shape index (κ1) is 16.5. The molecule has 1 aromatic rings. The molecule has 0 saturated heterocycles. The van der Waals surface area contributed by atoms with E-state index in [1.807, 2.05) is 45.0 Å². The van der Waals surface area contributed by atoms with Crippen LogP contribution in [0.3, 0.4) is 0 Å². The topological polar surface area (TPSA) is 58.6 Å². The Bertz CT molecular complexity index is 416. The number of amides is 1. The molecule has 0 aliphatic carbocycles. The number of hydrogen-bond donors (Lipinski definition) is 2. The van der Waals surface area contributed by atoms with E-state index in [0.29, 0.717) is 6.42 Å². The van der Waals surface area contributed by atoms with Gasteiger partial charge in [-0.05, 0) is 36.5 Å². The molecule has 1 aromatic carbocycles. The normalized spacial score (nSPS) is 15.2. The zero-order valence-corrected chi connectivity index (χ0v) is 12.7. The van der Waals surface area contributed by atoms with E-state index in [-0.39, 0.29) is 30.4 Å². The summed E-state index contributed by atoms with van der Waals surface area (Å²) < 4.78 is 5.12. The Labute approximate surface area is 121 Å². The highest BCUT2D eigenvalue weighted by Crippen LogP contribution is 2.21. The van der Waals surface area contributed by atoms with Crippen molar-refractivity contribution >= 4 is 5.91 Å². The summed E-state index contributed by atoms with van der Waals surface area (Å²) in [6.07, 6.45) is 0.439. The molecule has 3 atom stereocenters. The summed E-state index contributed by atoms with van der Waals surface area (Å²) in [5.74, 6) is 1.05. The molecule has 4 nitrogen and oxygen atoms in total. The summed E-state index contributed by atoms with van der Waals surface area (Å²) >= 11 is 0. The van der Waals surface area contributed by atoms with Crippen molar-refractivity contribution in [3.05, 3.63) is 29.8 Å². The van der Waals surface area contributed by atoms with E-state index >= 15 is 0 Å². The smallest absolute Gasteiger partial charge is 0.220 e. The van der Waals surface area contributed by atoms with Gasteiger partial charge in [0.25, 0.3) is 0 Å². The summed E-state index contributed by atoms with van der Waals surface area (Å²) in [4.78, 5) is 12.0. The summed E-state index contributed by atoms with van der Waals surface area (Å²) in [7, 11) is 1.63. The SMILES string of the molecule is COc1ccc(C(C)CC(=O)NC(C)C(C)CO)cc1. The minimum Gasteiger partial charge on any atom is -0.497 e. The van der Waals surface area contributed by atoms with Crippen LogP contribution in [-0.2, 0) is 4.79 Å². The molecule has 0 bridgehead atoms. The molecule has 4 heteroatoms. The standard InChI is InChI=1S/C16H25NO3/c1-11(14-5-7-15(20-4)8-6-14)9-16(19)17-13(3)12(2)10-18/h5-8,11-13,18H,9-10H2,1-4H3,(H,17,19). The third-order valence-corrected chi connectivity index (χ3v) is 3.71. The Kier molecular flexibility index (Phi) is 6.52. The number of nitrogens with one attached hydrogen (secondary N) is 1. The monoisotopic (exact) mass is 279 g/mol. The lowest BCUT2D eigenvalue weighted by atomic mass is 9.96. The Morgan fingerprint density at radius 1 is 1.25 bits per heavy atom. The van der Waals surface area contributed by atoms with Crippen molar-refractivity contribution in [3.63, 3.8) is 0 Å². The van der Waals surface area contributed by atoms with Gasteiger partial charge in [-0.2, -0.15) is 0 Å². The van der Waals surface area contributed by atoms with Gasteiger partial charge in [0, 0.05) is 19.1 Å². The molecule has 0 heterocycles. The summed E-state index contributed by atoms with van der Waals surface area (Å²) in [5, 5.41) is 12.0. The first-order valence-electron chi connectivity index (χ1n) is 7.02. The minimum atomic E-state index is -0.0180. The second-order valence-electron chi connectivity index (χ2n) is 5.39. The van der Waals surface area contributed by atoms with Crippen LogP contribution < -0.4 is 10.1 Å². The lowest BCUT2D eigenvalue weighted by molar-refractivity contribution is -0.122. The molecular formula is C16H25NO3. The predicted molar refractivity (Wildman–Crippen MR) is 79.9 cm³/mol. The maximum absolute atomic E-state index is 12.0. The molecule has 0 saturated carbocycles. The number of hydrogen-bond acceptors (Lipinski definition) is 3. The van der Waals surface area contributed by atoms with Gasteiger partial charge >= 0.3 is 0 Å². The number of carbonyl (C=O) groups excluding carboxylic acids is 1. The number of methoxy groups -OCH3 is 1. The Hall–Kier alpha value is -1.55. The molecule has 112 valence electrons. The first-order chi connectivity index (χ1) is 9.47. The van der Waals surface area contributed by atoms with Gasteiger partial charge in [-0.3, -0.25) is 4.79 Å². The van der Waals surface area contributed by atoms with Gasteiger partial charge in [0.1, 0.15) is 5.75 Å². The largest absolute Gasteiger partial charge is 0.497 e. The lowest BCUT2D eigenvalue weighted by Gasteiger charge is -2.20. The number of ether oxygens (including phenoxy) is 1. The quantitative estimate of drug-likeness (QED) is 0.805. The van der Waals surface area contributed by atoms with Crippen LogP contribution >= 0.6 is 0 Å². The zero-order valence-electron chi connectivity index (χ0n) is 12.7. The zero-order chi connectivity index (χ0) is 15.1. The number of carbonyl (C=O) groups is 1. The van der Waals surface area contributed by atoms with Crippen molar-refractivity contribution in [1.29, 1.82) is 0 Å². The predicted octanol–water partition coefficient (Wildman–Crippen LogP) is 2.32. The van der Waals surface area contributed by atoms with Crippen molar-refractivity contribution < 1.29 is 14.6 Å². The van der Waals surface area contributed by atoms with Gasteiger partial charge in [0.15, 0.2) is 0 Å². The summed E-state index contributed by atoms with van der Waals surface area (Å²) in [6, 6.07) is 7.75. The molecule has 2 N–H and O–H groups in total. The number of rotatable bonds is 7. The molecule has 0 radical (unpaired) electrons. The van der Waals surface area contributed by atoms with Crippen LogP contribution in [0.4, 0.5) is 0 Å². The number of aliphatic hydroxyl groups excluding tert-OH is 1. The summed E-state index contributed by atoms with van der Waals surface area (Å²) in [6.45, 7) is 5.94. The van der Waals surface area contributed by atoms with E-state index < -0.39 is 0 Å². The van der Waals surface area contributed by atoms with Crippen LogP contribution in [0.2, 0.25) is 0 Å². The molecule has 3 unspecified atom stereocenters. The molecular weight excluding hydrogens is 254 g/mol. The molecule has 1 rings (SSSR count). The molecule has 0 aliphatic heterocycles.